The van der Waals surface area contributed by atoms with Crippen LogP contribution in [0.2, 0.25) is 5.02 Å². The third-order valence-corrected chi connectivity index (χ3v) is 8.80. The number of carboxylic acid groups (broad SMARTS) is 1. The fraction of sp³-hybridized carbons (Fsp3) is 0.433. The number of benzene rings is 2. The van der Waals surface area contributed by atoms with Crippen LogP contribution in [0.1, 0.15) is 66.9 Å². The van der Waals surface area contributed by atoms with E-state index in [2.05, 4.69) is 15.8 Å². The molecule has 10 heteroatoms. The molecule has 2 aliphatic heterocycles. The van der Waals surface area contributed by atoms with Crippen molar-refractivity contribution in [1.82, 2.24) is 14.7 Å². The molecule has 1 saturated carbocycles. The second kappa shape index (κ2) is 10.9. The molecule has 40 heavy (non-hydrogen) atoms. The number of hydrogen-bond donors (Lipinski definition) is 1. The standard InChI is InChI=1S/C30H32ClFN4O4/c31-25-16-21(8-11-26(25)32)27-22(18-36(33-27)24-4-2-1-3-5-24)17-34-14-12-30(13-15-34)19-35(29(39)40-30)23-9-6-20(7-10-23)28(37)38/h6-11,16,18,24H,1-5,12-15,17,19H2,(H,37,38). The zero-order valence-corrected chi connectivity index (χ0v) is 22.9. The Morgan fingerprint density at radius 1 is 1.10 bits per heavy atom. The summed E-state index contributed by atoms with van der Waals surface area (Å²) in [5, 5.41) is 14.2. The molecule has 6 rings (SSSR count). The van der Waals surface area contributed by atoms with E-state index in [1.54, 1.807) is 29.2 Å². The summed E-state index contributed by atoms with van der Waals surface area (Å²) in [4.78, 5) is 27.9. The quantitative estimate of drug-likeness (QED) is 0.365. The number of rotatable bonds is 6. The molecule has 3 aliphatic rings. The lowest BCUT2D eigenvalue weighted by molar-refractivity contribution is -0.000951. The number of likely N-dealkylation sites (tertiary alicyclic amines) is 1. The maximum atomic E-state index is 13.9. The van der Waals surface area contributed by atoms with Crippen molar-refractivity contribution in [3.05, 3.63) is 70.6 Å². The first-order chi connectivity index (χ1) is 19.3. The lowest BCUT2D eigenvalue weighted by Crippen LogP contribution is -2.46. The Bertz CT molecular complexity index is 1410. The van der Waals surface area contributed by atoms with Crippen LogP contribution in [0, 0.1) is 5.82 Å². The van der Waals surface area contributed by atoms with Crippen molar-refractivity contribution in [1.29, 1.82) is 0 Å². The zero-order chi connectivity index (χ0) is 27.9. The lowest BCUT2D eigenvalue weighted by Gasteiger charge is -2.37. The van der Waals surface area contributed by atoms with Gasteiger partial charge in [-0.1, -0.05) is 30.9 Å². The molecule has 2 saturated heterocycles. The molecule has 0 radical (unpaired) electrons. The van der Waals surface area contributed by atoms with Gasteiger partial charge in [-0.3, -0.25) is 14.5 Å². The van der Waals surface area contributed by atoms with Crippen molar-refractivity contribution in [2.75, 3.05) is 24.5 Å². The van der Waals surface area contributed by atoms with Crippen LogP contribution in [0.5, 0.6) is 0 Å². The van der Waals surface area contributed by atoms with Crippen LogP contribution >= 0.6 is 11.6 Å². The molecule has 1 amide bonds. The molecule has 2 aromatic carbocycles. The summed E-state index contributed by atoms with van der Waals surface area (Å²) in [5.41, 5.74) is 2.95. The largest absolute Gasteiger partial charge is 0.478 e. The van der Waals surface area contributed by atoms with E-state index in [-0.39, 0.29) is 10.6 Å². The number of carbonyl (C=O) groups excluding carboxylic acids is 1. The molecular weight excluding hydrogens is 535 g/mol. The van der Waals surface area contributed by atoms with Gasteiger partial charge in [0.15, 0.2) is 0 Å². The van der Waals surface area contributed by atoms with Crippen molar-refractivity contribution in [2.45, 2.75) is 63.1 Å². The zero-order valence-electron chi connectivity index (χ0n) is 22.2. The number of halogens is 2. The molecule has 0 unspecified atom stereocenters. The minimum Gasteiger partial charge on any atom is -0.478 e. The Kier molecular flexibility index (Phi) is 7.27. The average molecular weight is 567 g/mol. The van der Waals surface area contributed by atoms with Crippen molar-refractivity contribution in [2.24, 2.45) is 0 Å². The molecule has 1 spiro atoms. The minimum atomic E-state index is -1.01. The maximum absolute atomic E-state index is 13.9. The number of hydrogen-bond acceptors (Lipinski definition) is 5. The second-order valence-electron chi connectivity index (χ2n) is 11.2. The number of amides is 1. The summed E-state index contributed by atoms with van der Waals surface area (Å²) in [6, 6.07) is 11.4. The average Bonchev–Trinajstić information content (AvgIpc) is 3.53. The highest BCUT2D eigenvalue weighted by Gasteiger charge is 2.47. The van der Waals surface area contributed by atoms with Crippen LogP contribution < -0.4 is 4.90 Å². The van der Waals surface area contributed by atoms with Crippen LogP contribution in [0.4, 0.5) is 14.9 Å². The highest BCUT2D eigenvalue weighted by molar-refractivity contribution is 6.31. The predicted octanol–water partition coefficient (Wildman–Crippen LogP) is 6.54. The van der Waals surface area contributed by atoms with Crippen molar-refractivity contribution in [3.8, 4) is 11.3 Å². The highest BCUT2D eigenvalue weighted by Crippen LogP contribution is 2.37. The van der Waals surface area contributed by atoms with E-state index in [1.807, 2.05) is 0 Å². The fourth-order valence-corrected chi connectivity index (χ4v) is 6.37. The summed E-state index contributed by atoms with van der Waals surface area (Å²) in [6.45, 7) is 2.61. The number of aromatic nitrogens is 2. The first-order valence-electron chi connectivity index (χ1n) is 13.9. The van der Waals surface area contributed by atoms with E-state index in [4.69, 9.17) is 26.5 Å². The van der Waals surface area contributed by atoms with Crippen molar-refractivity contribution in [3.63, 3.8) is 0 Å². The molecule has 1 aromatic heterocycles. The molecule has 0 bridgehead atoms. The minimum absolute atomic E-state index is 0.0841. The first kappa shape index (κ1) is 26.8. The topological polar surface area (TPSA) is 87.9 Å². The van der Waals surface area contributed by atoms with E-state index in [0.717, 1.165) is 42.8 Å². The molecule has 3 fully saturated rings. The summed E-state index contributed by atoms with van der Waals surface area (Å²) in [5.74, 6) is -1.45. The van der Waals surface area contributed by atoms with Crippen molar-refractivity contribution < 1.29 is 23.8 Å². The van der Waals surface area contributed by atoms with E-state index in [9.17, 15) is 14.0 Å². The third kappa shape index (κ3) is 5.32. The van der Waals surface area contributed by atoms with E-state index in [0.29, 0.717) is 37.7 Å². The fourth-order valence-electron chi connectivity index (χ4n) is 6.19. The number of piperidine rings is 1. The molecule has 210 valence electrons. The smallest absolute Gasteiger partial charge is 0.415 e. The van der Waals surface area contributed by atoms with Crippen LogP contribution in [-0.2, 0) is 11.3 Å². The van der Waals surface area contributed by atoms with Gasteiger partial charge in [0.1, 0.15) is 11.4 Å². The van der Waals surface area contributed by atoms with Crippen molar-refractivity contribution >= 4 is 29.4 Å². The Morgan fingerprint density at radius 3 is 2.50 bits per heavy atom. The van der Waals surface area contributed by atoms with Gasteiger partial charge in [-0.05, 0) is 55.3 Å². The van der Waals surface area contributed by atoms with Gasteiger partial charge in [0.2, 0.25) is 0 Å². The molecule has 1 N–H and O–H groups in total. The van der Waals surface area contributed by atoms with E-state index in [1.165, 1.54) is 37.5 Å². The monoisotopic (exact) mass is 566 g/mol. The summed E-state index contributed by atoms with van der Waals surface area (Å²) >= 11 is 6.13. The van der Waals surface area contributed by atoms with Crippen LogP contribution in [0.25, 0.3) is 11.3 Å². The molecule has 3 heterocycles. The number of anilines is 1. The van der Waals surface area contributed by atoms with Gasteiger partial charge in [-0.25, -0.2) is 14.0 Å². The number of aromatic carboxylic acids is 1. The Labute approximate surface area is 237 Å². The van der Waals surface area contributed by atoms with Gasteiger partial charge >= 0.3 is 12.1 Å². The number of ether oxygens (including phenoxy) is 1. The molecule has 3 aromatic rings. The van der Waals surface area contributed by atoms with E-state index < -0.39 is 23.5 Å². The lowest BCUT2D eigenvalue weighted by atomic mass is 9.91. The molecule has 8 nitrogen and oxygen atoms in total. The Hall–Kier alpha value is -3.43. The summed E-state index contributed by atoms with van der Waals surface area (Å²) in [7, 11) is 0. The van der Waals surface area contributed by atoms with Crippen LogP contribution in [0.15, 0.2) is 48.7 Å². The van der Waals surface area contributed by atoms with Gasteiger partial charge in [0, 0.05) is 55.5 Å². The Balaban J connectivity index is 1.16. The van der Waals surface area contributed by atoms with Crippen LogP contribution in [0.3, 0.4) is 0 Å². The SMILES string of the molecule is O=C(O)c1ccc(N2CC3(CCN(Cc4cn(C5CCCCC5)nc4-c4ccc(F)c(Cl)c4)CC3)OC2=O)cc1. The molecular formula is C30H32ClFN4O4. The number of carbonyl (C=O) groups is 2. The van der Waals surface area contributed by atoms with Gasteiger partial charge in [0.05, 0.1) is 28.9 Å². The third-order valence-electron chi connectivity index (χ3n) is 8.51. The summed E-state index contributed by atoms with van der Waals surface area (Å²) in [6.07, 6.45) is 9.00. The van der Waals surface area contributed by atoms with Gasteiger partial charge in [-0.2, -0.15) is 5.10 Å². The second-order valence-corrected chi connectivity index (χ2v) is 11.6. The number of carboxylic acids is 1. The Morgan fingerprint density at radius 2 is 1.82 bits per heavy atom. The maximum Gasteiger partial charge on any atom is 0.415 e. The van der Waals surface area contributed by atoms with Gasteiger partial charge < -0.3 is 9.84 Å². The first-order valence-corrected chi connectivity index (χ1v) is 14.3. The summed E-state index contributed by atoms with van der Waals surface area (Å²) < 4.78 is 21.9. The van der Waals surface area contributed by atoms with Crippen LogP contribution in [-0.4, -0.2) is 57.1 Å². The van der Waals surface area contributed by atoms with Gasteiger partial charge in [-0.15, -0.1) is 0 Å². The molecule has 0 atom stereocenters. The normalized spacial score (nSPS) is 19.8. The van der Waals surface area contributed by atoms with E-state index >= 15 is 0 Å². The predicted molar refractivity (Wildman–Crippen MR) is 149 cm³/mol. The number of nitrogens with zero attached hydrogens (tertiary/aromatic N) is 4. The highest BCUT2D eigenvalue weighted by atomic mass is 35.5. The molecule has 1 aliphatic carbocycles. The van der Waals surface area contributed by atoms with Gasteiger partial charge in [0.25, 0.3) is 0 Å².